The van der Waals surface area contributed by atoms with Gasteiger partial charge >= 0.3 is 0 Å². The molecule has 2 aliphatic rings. The molecule has 2 saturated heterocycles. The molecule has 2 atom stereocenters. The Kier molecular flexibility index (Phi) is 6.03. The number of benzene rings is 2. The second kappa shape index (κ2) is 8.86. The normalized spacial score (nSPS) is 23.1. The van der Waals surface area contributed by atoms with Gasteiger partial charge in [-0.3, -0.25) is 4.90 Å². The maximum absolute atomic E-state index is 9.83. The molecule has 0 radical (unpaired) electrons. The first-order valence-electron chi connectivity index (χ1n) is 10.7. The van der Waals surface area contributed by atoms with Gasteiger partial charge in [0.05, 0.1) is 11.3 Å². The molecule has 0 unspecified atom stereocenters. The molecule has 2 aromatic carbocycles. The van der Waals surface area contributed by atoms with Crippen molar-refractivity contribution >= 4 is 11.4 Å². The zero-order valence-electron chi connectivity index (χ0n) is 17.5. The van der Waals surface area contributed by atoms with Crippen LogP contribution in [0, 0.1) is 11.3 Å². The van der Waals surface area contributed by atoms with Crippen molar-refractivity contribution in [2.75, 3.05) is 49.1 Å². The van der Waals surface area contributed by atoms with Crippen molar-refractivity contribution in [2.24, 2.45) is 0 Å². The van der Waals surface area contributed by atoms with E-state index in [4.69, 9.17) is 0 Å². The SMILES string of the molecule is C[C@H]1CN(c2ccc(N3CCNC[C@@H]3C)cc2C#N)CCN1Cc1ccccc1. The summed E-state index contributed by atoms with van der Waals surface area (Å²) < 4.78 is 0. The summed E-state index contributed by atoms with van der Waals surface area (Å²) in [6.45, 7) is 11.4. The summed E-state index contributed by atoms with van der Waals surface area (Å²) in [7, 11) is 0. The molecular formula is C24H31N5. The van der Waals surface area contributed by atoms with E-state index in [1.165, 1.54) is 5.56 Å². The van der Waals surface area contributed by atoms with Gasteiger partial charge in [0.2, 0.25) is 0 Å². The van der Waals surface area contributed by atoms with E-state index in [0.717, 1.165) is 62.8 Å². The summed E-state index contributed by atoms with van der Waals surface area (Å²) in [6.07, 6.45) is 0. The number of nitrogens with one attached hydrogen (secondary N) is 1. The first-order chi connectivity index (χ1) is 14.2. The molecule has 2 aromatic rings. The first kappa shape index (κ1) is 19.8. The Morgan fingerprint density at radius 3 is 2.59 bits per heavy atom. The monoisotopic (exact) mass is 389 g/mol. The number of piperazine rings is 2. The zero-order valence-corrected chi connectivity index (χ0v) is 17.5. The van der Waals surface area contributed by atoms with Gasteiger partial charge < -0.3 is 15.1 Å². The summed E-state index contributed by atoms with van der Waals surface area (Å²) >= 11 is 0. The van der Waals surface area contributed by atoms with E-state index in [-0.39, 0.29) is 0 Å². The summed E-state index contributed by atoms with van der Waals surface area (Å²) in [4.78, 5) is 7.33. The van der Waals surface area contributed by atoms with E-state index >= 15 is 0 Å². The minimum absolute atomic E-state index is 0.447. The Morgan fingerprint density at radius 2 is 1.86 bits per heavy atom. The molecule has 1 N–H and O–H groups in total. The Labute approximate surface area is 174 Å². The van der Waals surface area contributed by atoms with Crippen molar-refractivity contribution in [3.63, 3.8) is 0 Å². The fourth-order valence-corrected chi connectivity index (χ4v) is 4.56. The molecule has 4 rings (SSSR count). The third-order valence-corrected chi connectivity index (χ3v) is 6.27. The lowest BCUT2D eigenvalue weighted by atomic mass is 10.1. The van der Waals surface area contributed by atoms with Crippen LogP contribution in [0.15, 0.2) is 48.5 Å². The van der Waals surface area contributed by atoms with Crippen LogP contribution in [-0.4, -0.2) is 56.3 Å². The molecular weight excluding hydrogens is 358 g/mol. The number of anilines is 2. The number of nitriles is 1. The lowest BCUT2D eigenvalue weighted by Gasteiger charge is -2.41. The van der Waals surface area contributed by atoms with Crippen molar-refractivity contribution in [3.8, 4) is 6.07 Å². The standard InChI is InChI=1S/C24H31N5/c1-19-16-26-10-11-29(19)23-8-9-24(22(14-23)15-25)28-13-12-27(20(2)17-28)18-21-6-4-3-5-7-21/h3-9,14,19-20,26H,10-13,16-18H2,1-2H3/t19-,20-/m0/s1. The van der Waals surface area contributed by atoms with Crippen LogP contribution in [0.5, 0.6) is 0 Å². The quantitative estimate of drug-likeness (QED) is 0.871. The van der Waals surface area contributed by atoms with Crippen molar-refractivity contribution in [1.82, 2.24) is 10.2 Å². The smallest absolute Gasteiger partial charge is 0.101 e. The minimum Gasteiger partial charge on any atom is -0.368 e. The largest absolute Gasteiger partial charge is 0.368 e. The molecule has 2 aliphatic heterocycles. The Bertz CT molecular complexity index is 859. The fraction of sp³-hybridized carbons (Fsp3) is 0.458. The van der Waals surface area contributed by atoms with Crippen LogP contribution in [0.1, 0.15) is 25.0 Å². The van der Waals surface area contributed by atoms with Crippen LogP contribution >= 0.6 is 0 Å². The fourth-order valence-electron chi connectivity index (χ4n) is 4.56. The molecule has 0 amide bonds. The van der Waals surface area contributed by atoms with Crippen LogP contribution in [0.3, 0.4) is 0 Å². The first-order valence-corrected chi connectivity index (χ1v) is 10.7. The average Bonchev–Trinajstić information content (AvgIpc) is 2.76. The summed E-state index contributed by atoms with van der Waals surface area (Å²) in [5.41, 5.74) is 4.39. The van der Waals surface area contributed by atoms with Gasteiger partial charge in [-0.15, -0.1) is 0 Å². The van der Waals surface area contributed by atoms with E-state index in [0.29, 0.717) is 12.1 Å². The Morgan fingerprint density at radius 1 is 1.03 bits per heavy atom. The molecule has 152 valence electrons. The van der Waals surface area contributed by atoms with Crippen molar-refractivity contribution < 1.29 is 0 Å². The Hall–Kier alpha value is -2.55. The van der Waals surface area contributed by atoms with E-state index < -0.39 is 0 Å². The topological polar surface area (TPSA) is 45.5 Å². The van der Waals surface area contributed by atoms with Crippen LogP contribution in [-0.2, 0) is 6.54 Å². The van der Waals surface area contributed by atoms with Gasteiger partial charge in [-0.2, -0.15) is 5.26 Å². The third-order valence-electron chi connectivity index (χ3n) is 6.27. The molecule has 0 bridgehead atoms. The third kappa shape index (κ3) is 4.39. The van der Waals surface area contributed by atoms with E-state index in [9.17, 15) is 5.26 Å². The highest BCUT2D eigenvalue weighted by molar-refractivity contribution is 5.66. The number of rotatable bonds is 4. The highest BCUT2D eigenvalue weighted by Crippen LogP contribution is 2.29. The molecule has 0 spiro atoms. The molecule has 5 nitrogen and oxygen atoms in total. The van der Waals surface area contributed by atoms with Gasteiger partial charge in [-0.05, 0) is 37.6 Å². The number of nitrogens with zero attached hydrogens (tertiary/aromatic N) is 4. The molecule has 29 heavy (non-hydrogen) atoms. The minimum atomic E-state index is 0.447. The molecule has 0 aromatic heterocycles. The van der Waals surface area contributed by atoms with Gasteiger partial charge in [0.25, 0.3) is 0 Å². The highest BCUT2D eigenvalue weighted by Gasteiger charge is 2.26. The second-order valence-corrected chi connectivity index (χ2v) is 8.31. The number of hydrogen-bond acceptors (Lipinski definition) is 5. The second-order valence-electron chi connectivity index (χ2n) is 8.31. The molecule has 2 heterocycles. The molecule has 0 saturated carbocycles. The Balaban J connectivity index is 1.47. The number of hydrogen-bond donors (Lipinski definition) is 1. The lowest BCUT2D eigenvalue weighted by molar-refractivity contribution is 0.181. The van der Waals surface area contributed by atoms with Crippen molar-refractivity contribution in [2.45, 2.75) is 32.5 Å². The summed E-state index contributed by atoms with van der Waals surface area (Å²) in [5.74, 6) is 0. The van der Waals surface area contributed by atoms with Crippen molar-refractivity contribution in [3.05, 3.63) is 59.7 Å². The maximum Gasteiger partial charge on any atom is 0.101 e. The van der Waals surface area contributed by atoms with Gasteiger partial charge in [0.1, 0.15) is 6.07 Å². The van der Waals surface area contributed by atoms with Crippen LogP contribution in [0.2, 0.25) is 0 Å². The average molecular weight is 390 g/mol. The van der Waals surface area contributed by atoms with E-state index in [1.807, 2.05) is 0 Å². The van der Waals surface area contributed by atoms with Crippen LogP contribution in [0.25, 0.3) is 0 Å². The highest BCUT2D eigenvalue weighted by atomic mass is 15.3. The lowest BCUT2D eigenvalue weighted by Crippen LogP contribution is -2.51. The van der Waals surface area contributed by atoms with Gasteiger partial charge in [0.15, 0.2) is 0 Å². The zero-order chi connectivity index (χ0) is 20.2. The van der Waals surface area contributed by atoms with E-state index in [2.05, 4.69) is 88.5 Å². The molecule has 0 aliphatic carbocycles. The van der Waals surface area contributed by atoms with Gasteiger partial charge in [-0.1, -0.05) is 30.3 Å². The predicted molar refractivity (Wildman–Crippen MR) is 119 cm³/mol. The summed E-state index contributed by atoms with van der Waals surface area (Å²) in [6, 6.07) is 20.5. The van der Waals surface area contributed by atoms with Gasteiger partial charge in [0, 0.05) is 63.6 Å². The summed E-state index contributed by atoms with van der Waals surface area (Å²) in [5, 5.41) is 13.3. The van der Waals surface area contributed by atoms with Crippen molar-refractivity contribution in [1.29, 1.82) is 5.26 Å². The molecule has 2 fully saturated rings. The van der Waals surface area contributed by atoms with Crippen LogP contribution < -0.4 is 15.1 Å². The van der Waals surface area contributed by atoms with Crippen LogP contribution in [0.4, 0.5) is 11.4 Å². The van der Waals surface area contributed by atoms with E-state index in [1.54, 1.807) is 0 Å². The predicted octanol–water partition coefficient (Wildman–Crippen LogP) is 3.07. The van der Waals surface area contributed by atoms with Gasteiger partial charge in [-0.25, -0.2) is 0 Å². The molecule has 5 heteroatoms. The maximum atomic E-state index is 9.83.